The summed E-state index contributed by atoms with van der Waals surface area (Å²) in [6.45, 7) is 2.25. The highest BCUT2D eigenvalue weighted by molar-refractivity contribution is 6.04. The molecule has 5 aromatic rings. The van der Waals surface area contributed by atoms with Crippen LogP contribution in [0.15, 0.2) is 101 Å². The van der Waals surface area contributed by atoms with E-state index in [1.54, 1.807) is 38.5 Å². The molecule has 4 aliphatic rings. The predicted octanol–water partition coefficient (Wildman–Crippen LogP) is 7.49. The summed E-state index contributed by atoms with van der Waals surface area (Å²) in [6.07, 6.45) is 5.19. The predicted molar refractivity (Wildman–Crippen MR) is 222 cm³/mol. The second-order valence-electron chi connectivity index (χ2n) is 15.5. The number of carbonyl (C=O) groups is 2. The van der Waals surface area contributed by atoms with Crippen molar-refractivity contribution in [3.8, 4) is 23.0 Å². The molecule has 0 fully saturated rings. The Morgan fingerprint density at radius 1 is 0.586 bits per heavy atom. The summed E-state index contributed by atoms with van der Waals surface area (Å²) < 4.78 is 24.4. The Kier molecular flexibility index (Phi) is 9.91. The van der Waals surface area contributed by atoms with Gasteiger partial charge < -0.3 is 33.6 Å². The van der Waals surface area contributed by atoms with E-state index in [1.165, 1.54) is 11.1 Å². The van der Waals surface area contributed by atoms with Crippen molar-refractivity contribution in [2.75, 3.05) is 28.3 Å². The summed E-state index contributed by atoms with van der Waals surface area (Å²) in [7, 11) is 7.21. The smallest absolute Gasteiger partial charge is 0.257 e. The van der Waals surface area contributed by atoms with Gasteiger partial charge in [-0.1, -0.05) is 60.7 Å². The number of aliphatic imine (C=N–C) groups is 2. The van der Waals surface area contributed by atoms with Gasteiger partial charge in [-0.25, -0.2) is 0 Å². The van der Waals surface area contributed by atoms with Crippen molar-refractivity contribution in [3.05, 3.63) is 141 Å². The molecule has 11 heteroatoms. The highest BCUT2D eigenvalue weighted by Crippen LogP contribution is 2.41. The number of nitrogens with zero attached hydrogens (tertiary/aromatic N) is 5. The normalized spacial score (nSPS) is 17.6. The molecule has 5 aromatic carbocycles. The van der Waals surface area contributed by atoms with Crippen molar-refractivity contribution in [2.45, 2.75) is 57.8 Å². The van der Waals surface area contributed by atoms with Crippen LogP contribution >= 0.6 is 0 Å². The molecule has 0 N–H and O–H groups in total. The van der Waals surface area contributed by atoms with E-state index >= 15 is 0 Å². The Labute approximate surface area is 338 Å². The molecule has 4 aliphatic heterocycles. The number of carbonyl (C=O) groups excluding carboxylic acids is 2. The summed E-state index contributed by atoms with van der Waals surface area (Å²) in [5.74, 6) is 1.75. The van der Waals surface area contributed by atoms with Crippen molar-refractivity contribution in [3.63, 3.8) is 0 Å². The van der Waals surface area contributed by atoms with E-state index in [1.807, 2.05) is 60.6 Å². The van der Waals surface area contributed by atoms with Gasteiger partial charge in [-0.3, -0.25) is 19.6 Å². The molecule has 294 valence electrons. The maximum absolute atomic E-state index is 13.9. The fourth-order valence-corrected chi connectivity index (χ4v) is 8.43. The molecule has 4 heterocycles. The molecule has 58 heavy (non-hydrogen) atoms. The first-order valence-corrected chi connectivity index (χ1v) is 19.5. The van der Waals surface area contributed by atoms with E-state index in [-0.39, 0.29) is 37.1 Å². The van der Waals surface area contributed by atoms with Crippen LogP contribution in [0, 0.1) is 0 Å². The molecule has 0 radical (unpaired) electrons. The van der Waals surface area contributed by atoms with Gasteiger partial charge in [-0.2, -0.15) is 0 Å². The molecular formula is C47H45N5O6. The Morgan fingerprint density at radius 2 is 1.02 bits per heavy atom. The number of methoxy groups -OCH3 is 2. The minimum absolute atomic E-state index is 0.0795. The minimum Gasteiger partial charge on any atom is -0.493 e. The fourth-order valence-electron chi connectivity index (χ4n) is 8.43. The molecule has 2 atom stereocenters. The van der Waals surface area contributed by atoms with Gasteiger partial charge in [0.1, 0.15) is 13.2 Å². The molecule has 0 saturated carbocycles. The molecule has 9 rings (SSSR count). The average Bonchev–Trinajstić information content (AvgIpc) is 3.45. The maximum atomic E-state index is 13.9. The molecule has 11 nitrogen and oxygen atoms in total. The van der Waals surface area contributed by atoms with Gasteiger partial charge in [0.2, 0.25) is 0 Å². The average molecular weight is 776 g/mol. The molecule has 2 amide bonds. The SMILES string of the molecule is COc1cc2c(cc1OCc1cc(COc3cc4c(cc3OC)C(=O)N3Cc5ccccc5C[C@H]3C=N4)cc(CN(C)C)c1)N=CC1Cc3ccccc3CN1C2=O. The van der Waals surface area contributed by atoms with Gasteiger partial charge in [0.05, 0.1) is 48.8 Å². The fraction of sp³-hybridized carbons (Fsp3) is 0.277. The third kappa shape index (κ3) is 7.18. The van der Waals surface area contributed by atoms with Gasteiger partial charge >= 0.3 is 0 Å². The zero-order chi connectivity index (χ0) is 39.9. The molecular weight excluding hydrogens is 731 g/mol. The van der Waals surface area contributed by atoms with E-state index < -0.39 is 0 Å². The van der Waals surface area contributed by atoms with Crippen LogP contribution in [-0.4, -0.2) is 79.3 Å². The summed E-state index contributed by atoms with van der Waals surface area (Å²) >= 11 is 0. The van der Waals surface area contributed by atoms with Gasteiger partial charge in [-0.05, 0) is 84.1 Å². The van der Waals surface area contributed by atoms with Crippen LogP contribution in [-0.2, 0) is 45.7 Å². The first-order valence-electron chi connectivity index (χ1n) is 19.5. The zero-order valence-electron chi connectivity index (χ0n) is 33.1. The van der Waals surface area contributed by atoms with Gasteiger partial charge in [0.25, 0.3) is 11.8 Å². The largest absolute Gasteiger partial charge is 0.493 e. The first kappa shape index (κ1) is 37.1. The molecule has 0 bridgehead atoms. The van der Waals surface area contributed by atoms with Crippen LogP contribution in [0.5, 0.6) is 23.0 Å². The monoisotopic (exact) mass is 775 g/mol. The van der Waals surface area contributed by atoms with Gasteiger partial charge in [0.15, 0.2) is 23.0 Å². The van der Waals surface area contributed by atoms with Crippen LogP contribution in [0.1, 0.15) is 59.7 Å². The highest BCUT2D eigenvalue weighted by Gasteiger charge is 2.35. The highest BCUT2D eigenvalue weighted by atomic mass is 16.5. The van der Waals surface area contributed by atoms with Crippen LogP contribution in [0.3, 0.4) is 0 Å². The third-order valence-corrected chi connectivity index (χ3v) is 11.3. The number of rotatable bonds is 10. The second kappa shape index (κ2) is 15.5. The molecule has 0 saturated heterocycles. The number of benzene rings is 5. The summed E-state index contributed by atoms with van der Waals surface area (Å²) in [4.78, 5) is 43.3. The number of amides is 2. The lowest BCUT2D eigenvalue weighted by Gasteiger charge is -2.34. The maximum Gasteiger partial charge on any atom is 0.257 e. The number of fused-ring (bicyclic) bond motifs is 6. The van der Waals surface area contributed by atoms with Crippen LogP contribution in [0.2, 0.25) is 0 Å². The standard InChI is InChI=1S/C47H45N5O6/c1-50(2)24-29-13-30(27-57-44-20-40-38(18-42(44)55-3)46(53)51-25-34-11-7-5-9-32(34)16-36(51)22-48-40)15-31(14-29)28-58-45-21-41-39(19-43(45)56-4)47(54)52-26-35-12-8-6-10-33(35)17-37(52)23-49-41/h5-15,18-23,36-37H,16-17,24-28H2,1-4H3/t36-,37?/m0/s1. The van der Waals surface area contributed by atoms with E-state index in [0.717, 1.165) is 40.7 Å². The second-order valence-corrected chi connectivity index (χ2v) is 15.5. The summed E-state index contributed by atoms with van der Waals surface area (Å²) in [5.41, 5.74) is 9.83. The molecule has 1 unspecified atom stereocenters. The van der Waals surface area contributed by atoms with Crippen molar-refractivity contribution >= 4 is 35.6 Å². The Morgan fingerprint density at radius 3 is 1.45 bits per heavy atom. The van der Waals surface area contributed by atoms with E-state index in [9.17, 15) is 9.59 Å². The Balaban J connectivity index is 0.944. The lowest BCUT2D eigenvalue weighted by Crippen LogP contribution is -2.44. The van der Waals surface area contributed by atoms with E-state index in [0.29, 0.717) is 65.1 Å². The lowest BCUT2D eigenvalue weighted by atomic mass is 9.94. The number of hydrogen-bond donors (Lipinski definition) is 0. The van der Waals surface area contributed by atoms with Crippen molar-refractivity contribution in [1.29, 1.82) is 0 Å². The van der Waals surface area contributed by atoms with Crippen molar-refractivity contribution in [2.24, 2.45) is 9.98 Å². The number of hydrogen-bond acceptors (Lipinski definition) is 9. The van der Waals surface area contributed by atoms with Crippen molar-refractivity contribution in [1.82, 2.24) is 14.7 Å². The van der Waals surface area contributed by atoms with Crippen LogP contribution in [0.25, 0.3) is 0 Å². The topological polar surface area (TPSA) is 106 Å². The Bertz CT molecular complexity index is 2330. The molecule has 0 aliphatic carbocycles. The van der Waals surface area contributed by atoms with Crippen LogP contribution < -0.4 is 18.9 Å². The van der Waals surface area contributed by atoms with Gasteiger partial charge in [-0.15, -0.1) is 0 Å². The minimum atomic E-state index is -0.132. The van der Waals surface area contributed by atoms with Crippen LogP contribution in [0.4, 0.5) is 11.4 Å². The van der Waals surface area contributed by atoms with E-state index in [2.05, 4.69) is 47.4 Å². The molecule has 0 spiro atoms. The zero-order valence-corrected chi connectivity index (χ0v) is 33.1. The van der Waals surface area contributed by atoms with Gasteiger partial charge in [0, 0.05) is 44.2 Å². The third-order valence-electron chi connectivity index (χ3n) is 11.3. The lowest BCUT2D eigenvalue weighted by molar-refractivity contribution is 0.0696. The van der Waals surface area contributed by atoms with E-state index in [4.69, 9.17) is 28.9 Å². The first-order chi connectivity index (χ1) is 28.2. The van der Waals surface area contributed by atoms with Crippen molar-refractivity contribution < 1.29 is 28.5 Å². The summed E-state index contributed by atoms with van der Waals surface area (Å²) in [6, 6.07) is 29.6. The Hall–Kier alpha value is -6.46. The molecule has 0 aromatic heterocycles. The summed E-state index contributed by atoms with van der Waals surface area (Å²) in [5, 5.41) is 0. The number of ether oxygens (including phenoxy) is 4. The quantitative estimate of drug-likeness (QED) is 0.145.